The summed E-state index contributed by atoms with van der Waals surface area (Å²) in [6.45, 7) is 13.2. The Bertz CT molecular complexity index is 459. The van der Waals surface area contributed by atoms with Gasteiger partial charge in [0.05, 0.1) is 6.61 Å². The highest BCUT2D eigenvalue weighted by atomic mass is 16.5. The molecule has 1 aliphatic rings. The molecule has 1 heterocycles. The van der Waals surface area contributed by atoms with Crippen molar-refractivity contribution < 1.29 is 4.74 Å². The van der Waals surface area contributed by atoms with Gasteiger partial charge in [-0.3, -0.25) is 0 Å². The van der Waals surface area contributed by atoms with Gasteiger partial charge in [0.2, 0.25) is 0 Å². The molecular weight excluding hydrogens is 246 g/mol. The standard InChI is InChI=1S/C18H29NO/c1-6-9-19-16-8-10-20-17-14(16)11-13(7-2)12-15(17)18(3,4)5/h11-12,16,19H,6-10H2,1-5H3. The Morgan fingerprint density at radius 1 is 1.25 bits per heavy atom. The van der Waals surface area contributed by atoms with Crippen LogP contribution in [-0.4, -0.2) is 13.2 Å². The molecule has 1 N–H and O–H groups in total. The van der Waals surface area contributed by atoms with E-state index in [9.17, 15) is 0 Å². The number of benzene rings is 1. The lowest BCUT2D eigenvalue weighted by atomic mass is 9.81. The quantitative estimate of drug-likeness (QED) is 0.881. The zero-order chi connectivity index (χ0) is 14.8. The van der Waals surface area contributed by atoms with Crippen LogP contribution in [0.3, 0.4) is 0 Å². The third-order valence-electron chi connectivity index (χ3n) is 4.06. The average molecular weight is 275 g/mol. The van der Waals surface area contributed by atoms with Crippen LogP contribution in [0.15, 0.2) is 12.1 Å². The van der Waals surface area contributed by atoms with Crippen LogP contribution in [0.1, 0.15) is 70.2 Å². The second-order valence-corrected chi connectivity index (χ2v) is 6.81. The maximum absolute atomic E-state index is 6.05. The number of hydrogen-bond acceptors (Lipinski definition) is 2. The number of aryl methyl sites for hydroxylation is 1. The number of fused-ring (bicyclic) bond motifs is 1. The topological polar surface area (TPSA) is 21.3 Å². The third kappa shape index (κ3) is 3.17. The summed E-state index contributed by atoms with van der Waals surface area (Å²) in [5, 5.41) is 3.68. The van der Waals surface area contributed by atoms with Gasteiger partial charge < -0.3 is 10.1 Å². The highest BCUT2D eigenvalue weighted by Crippen LogP contribution is 2.41. The predicted molar refractivity (Wildman–Crippen MR) is 85.7 cm³/mol. The van der Waals surface area contributed by atoms with Crippen molar-refractivity contribution in [2.24, 2.45) is 0 Å². The number of nitrogens with one attached hydrogen (secondary N) is 1. The van der Waals surface area contributed by atoms with Crippen molar-refractivity contribution in [3.63, 3.8) is 0 Å². The van der Waals surface area contributed by atoms with Gasteiger partial charge in [0, 0.05) is 23.6 Å². The summed E-state index contributed by atoms with van der Waals surface area (Å²) >= 11 is 0. The molecule has 0 bridgehead atoms. The maximum atomic E-state index is 6.05. The summed E-state index contributed by atoms with van der Waals surface area (Å²) in [5.41, 5.74) is 4.27. The minimum absolute atomic E-state index is 0.127. The molecule has 112 valence electrons. The van der Waals surface area contributed by atoms with Gasteiger partial charge in [-0.2, -0.15) is 0 Å². The van der Waals surface area contributed by atoms with Crippen LogP contribution in [0.25, 0.3) is 0 Å². The lowest BCUT2D eigenvalue weighted by Crippen LogP contribution is -2.29. The molecule has 0 saturated carbocycles. The number of rotatable bonds is 4. The van der Waals surface area contributed by atoms with Crippen LogP contribution >= 0.6 is 0 Å². The molecule has 2 rings (SSSR count). The average Bonchev–Trinajstić information content (AvgIpc) is 2.42. The highest BCUT2D eigenvalue weighted by Gasteiger charge is 2.28. The zero-order valence-electron chi connectivity index (χ0n) is 13.7. The highest BCUT2D eigenvalue weighted by molar-refractivity contribution is 5.50. The Kier molecular flexibility index (Phi) is 4.74. The molecule has 0 spiro atoms. The SMILES string of the molecule is CCCNC1CCOc2c1cc(CC)cc2C(C)(C)C. The summed E-state index contributed by atoms with van der Waals surface area (Å²) in [7, 11) is 0. The third-order valence-corrected chi connectivity index (χ3v) is 4.06. The van der Waals surface area contributed by atoms with E-state index in [1.54, 1.807) is 0 Å². The van der Waals surface area contributed by atoms with Gasteiger partial charge >= 0.3 is 0 Å². The molecule has 0 amide bonds. The molecule has 1 aromatic carbocycles. The molecule has 0 radical (unpaired) electrons. The van der Waals surface area contributed by atoms with E-state index in [2.05, 4.69) is 52.1 Å². The maximum Gasteiger partial charge on any atom is 0.127 e. The molecular formula is C18H29NO. The van der Waals surface area contributed by atoms with Crippen molar-refractivity contribution in [2.45, 2.75) is 65.3 Å². The van der Waals surface area contributed by atoms with E-state index in [-0.39, 0.29) is 5.41 Å². The van der Waals surface area contributed by atoms with Gasteiger partial charge in [0.15, 0.2) is 0 Å². The summed E-state index contributed by atoms with van der Waals surface area (Å²) in [5.74, 6) is 1.13. The fourth-order valence-electron chi connectivity index (χ4n) is 2.86. The van der Waals surface area contributed by atoms with E-state index >= 15 is 0 Å². The van der Waals surface area contributed by atoms with Crippen molar-refractivity contribution in [3.8, 4) is 5.75 Å². The molecule has 0 saturated heterocycles. The largest absolute Gasteiger partial charge is 0.493 e. The molecule has 0 fully saturated rings. The Hall–Kier alpha value is -1.02. The van der Waals surface area contributed by atoms with Crippen molar-refractivity contribution in [1.82, 2.24) is 5.32 Å². The molecule has 2 heteroatoms. The van der Waals surface area contributed by atoms with Gasteiger partial charge in [0.1, 0.15) is 5.75 Å². The van der Waals surface area contributed by atoms with Crippen molar-refractivity contribution in [2.75, 3.05) is 13.2 Å². The van der Waals surface area contributed by atoms with E-state index < -0.39 is 0 Å². The first-order chi connectivity index (χ1) is 9.47. The van der Waals surface area contributed by atoms with Gasteiger partial charge in [-0.25, -0.2) is 0 Å². The second kappa shape index (κ2) is 6.17. The molecule has 0 aliphatic carbocycles. The summed E-state index contributed by atoms with van der Waals surface area (Å²) < 4.78 is 6.05. The number of ether oxygens (including phenoxy) is 1. The summed E-state index contributed by atoms with van der Waals surface area (Å²) in [6.07, 6.45) is 3.33. The first-order valence-electron chi connectivity index (χ1n) is 8.00. The monoisotopic (exact) mass is 275 g/mol. The minimum Gasteiger partial charge on any atom is -0.493 e. The van der Waals surface area contributed by atoms with Crippen molar-refractivity contribution in [1.29, 1.82) is 0 Å². The fourth-order valence-corrected chi connectivity index (χ4v) is 2.86. The van der Waals surface area contributed by atoms with E-state index in [1.165, 1.54) is 23.1 Å². The predicted octanol–water partition coefficient (Wildman–Crippen LogP) is 4.37. The second-order valence-electron chi connectivity index (χ2n) is 6.81. The van der Waals surface area contributed by atoms with E-state index in [0.717, 1.165) is 31.7 Å². The van der Waals surface area contributed by atoms with E-state index in [4.69, 9.17) is 4.74 Å². The normalized spacial score (nSPS) is 18.6. The van der Waals surface area contributed by atoms with Gasteiger partial charge in [-0.15, -0.1) is 0 Å². The van der Waals surface area contributed by atoms with Crippen LogP contribution < -0.4 is 10.1 Å². The van der Waals surface area contributed by atoms with E-state index in [0.29, 0.717) is 6.04 Å². The first kappa shape index (κ1) is 15.4. The van der Waals surface area contributed by atoms with Gasteiger partial charge in [-0.05, 0) is 30.4 Å². The molecule has 20 heavy (non-hydrogen) atoms. The Morgan fingerprint density at radius 3 is 2.60 bits per heavy atom. The Labute approximate surface area is 123 Å². The lowest BCUT2D eigenvalue weighted by Gasteiger charge is -2.32. The number of hydrogen-bond donors (Lipinski definition) is 1. The minimum atomic E-state index is 0.127. The van der Waals surface area contributed by atoms with Crippen LogP contribution in [0.4, 0.5) is 0 Å². The Balaban J connectivity index is 2.47. The molecule has 0 aromatic heterocycles. The van der Waals surface area contributed by atoms with Crippen LogP contribution in [-0.2, 0) is 11.8 Å². The smallest absolute Gasteiger partial charge is 0.127 e. The molecule has 2 nitrogen and oxygen atoms in total. The summed E-state index contributed by atoms with van der Waals surface area (Å²) in [4.78, 5) is 0. The van der Waals surface area contributed by atoms with Crippen LogP contribution in [0.2, 0.25) is 0 Å². The van der Waals surface area contributed by atoms with E-state index in [1.807, 2.05) is 0 Å². The van der Waals surface area contributed by atoms with Gasteiger partial charge in [0.25, 0.3) is 0 Å². The fraction of sp³-hybridized carbons (Fsp3) is 0.667. The van der Waals surface area contributed by atoms with Crippen LogP contribution in [0.5, 0.6) is 5.75 Å². The molecule has 1 aliphatic heterocycles. The molecule has 1 unspecified atom stereocenters. The first-order valence-corrected chi connectivity index (χ1v) is 8.00. The van der Waals surface area contributed by atoms with Gasteiger partial charge in [-0.1, -0.05) is 46.8 Å². The molecule has 1 atom stereocenters. The molecule has 1 aromatic rings. The van der Waals surface area contributed by atoms with Crippen LogP contribution in [0, 0.1) is 0 Å². The summed E-state index contributed by atoms with van der Waals surface area (Å²) in [6, 6.07) is 5.13. The van der Waals surface area contributed by atoms with Crippen molar-refractivity contribution in [3.05, 3.63) is 28.8 Å². The zero-order valence-corrected chi connectivity index (χ0v) is 13.7. The van der Waals surface area contributed by atoms with Crippen molar-refractivity contribution >= 4 is 0 Å². The Morgan fingerprint density at radius 2 is 2.00 bits per heavy atom. The lowest BCUT2D eigenvalue weighted by molar-refractivity contribution is 0.246.